The summed E-state index contributed by atoms with van der Waals surface area (Å²) in [6.07, 6.45) is 1.76. The molecule has 3 aromatic rings. The van der Waals surface area contributed by atoms with Crippen molar-refractivity contribution in [2.24, 2.45) is 0 Å². The normalized spacial score (nSPS) is 10.8. The molecule has 0 aliphatic heterocycles. The lowest BCUT2D eigenvalue weighted by Gasteiger charge is -2.00. The maximum Gasteiger partial charge on any atom is 0.278 e. The molecular weight excluding hydrogens is 324 g/mol. The number of nitrogens with two attached hydrogens (primary N) is 1. The first kappa shape index (κ1) is 12.6. The van der Waals surface area contributed by atoms with E-state index < -0.39 is 4.92 Å². The van der Waals surface area contributed by atoms with E-state index in [1.165, 1.54) is 6.07 Å². The van der Waals surface area contributed by atoms with Crippen LogP contribution in [0.15, 0.2) is 47.1 Å². The Balaban J connectivity index is 2.34. The van der Waals surface area contributed by atoms with Gasteiger partial charge in [-0.15, -0.1) is 0 Å². The van der Waals surface area contributed by atoms with Crippen LogP contribution >= 0.6 is 15.9 Å². The van der Waals surface area contributed by atoms with Gasteiger partial charge in [-0.3, -0.25) is 14.5 Å². The lowest BCUT2D eigenvalue weighted by atomic mass is 10.1. The topological polar surface area (TPSA) is 86.5 Å². The van der Waals surface area contributed by atoms with Gasteiger partial charge in [-0.25, -0.2) is 4.98 Å². The summed E-state index contributed by atoms with van der Waals surface area (Å²) in [5, 5.41) is 11.1. The fourth-order valence-corrected chi connectivity index (χ4v) is 2.52. The molecule has 0 saturated carbocycles. The Morgan fingerprint density at radius 2 is 2.00 bits per heavy atom. The predicted molar refractivity (Wildman–Crippen MR) is 79.4 cm³/mol. The lowest BCUT2D eigenvalue weighted by molar-refractivity contribution is -0.384. The van der Waals surface area contributed by atoms with E-state index in [9.17, 15) is 10.1 Å². The number of imidazole rings is 1. The molecule has 3 rings (SSSR count). The van der Waals surface area contributed by atoms with Crippen LogP contribution in [0.5, 0.6) is 0 Å². The van der Waals surface area contributed by atoms with Crippen LogP contribution in [0.25, 0.3) is 16.9 Å². The molecule has 2 aromatic heterocycles. The van der Waals surface area contributed by atoms with Crippen molar-refractivity contribution in [3.8, 4) is 11.3 Å². The smallest absolute Gasteiger partial charge is 0.278 e. The van der Waals surface area contributed by atoms with E-state index in [1.807, 2.05) is 12.1 Å². The third-order valence-electron chi connectivity index (χ3n) is 3.00. The molecule has 2 heterocycles. The van der Waals surface area contributed by atoms with Crippen LogP contribution in [-0.4, -0.2) is 14.3 Å². The number of nitro groups is 1. The number of hydrogen-bond donors (Lipinski definition) is 1. The molecule has 1 aromatic carbocycles. The predicted octanol–water partition coefficient (Wildman–Crippen LogP) is 3.25. The highest BCUT2D eigenvalue weighted by Crippen LogP contribution is 2.34. The molecule has 20 heavy (non-hydrogen) atoms. The van der Waals surface area contributed by atoms with Crippen molar-refractivity contribution in [3.63, 3.8) is 0 Å². The van der Waals surface area contributed by atoms with Gasteiger partial charge < -0.3 is 5.73 Å². The summed E-state index contributed by atoms with van der Waals surface area (Å²) in [7, 11) is 0. The largest absolute Gasteiger partial charge is 0.383 e. The molecule has 0 aliphatic carbocycles. The van der Waals surface area contributed by atoms with E-state index in [1.54, 1.807) is 28.8 Å². The molecule has 7 heteroatoms. The van der Waals surface area contributed by atoms with Gasteiger partial charge in [0.15, 0.2) is 5.65 Å². The van der Waals surface area contributed by atoms with E-state index >= 15 is 0 Å². The zero-order valence-corrected chi connectivity index (χ0v) is 11.7. The van der Waals surface area contributed by atoms with Crippen molar-refractivity contribution >= 4 is 33.1 Å². The molecule has 100 valence electrons. The number of fused-ring (bicyclic) bond motifs is 1. The number of halogens is 1. The number of nitro benzene ring substituents is 1. The maximum absolute atomic E-state index is 11.1. The fraction of sp³-hybridized carbons (Fsp3) is 0. The summed E-state index contributed by atoms with van der Waals surface area (Å²) >= 11 is 3.39. The molecule has 0 spiro atoms. The molecule has 0 amide bonds. The number of rotatable bonds is 2. The first-order valence-corrected chi connectivity index (χ1v) is 6.54. The van der Waals surface area contributed by atoms with E-state index in [0.29, 0.717) is 22.7 Å². The minimum atomic E-state index is -0.437. The van der Waals surface area contributed by atoms with Crippen LogP contribution < -0.4 is 5.73 Å². The van der Waals surface area contributed by atoms with Gasteiger partial charge in [0.2, 0.25) is 0 Å². The monoisotopic (exact) mass is 332 g/mol. The summed E-state index contributed by atoms with van der Waals surface area (Å²) in [5.41, 5.74) is 7.49. The summed E-state index contributed by atoms with van der Waals surface area (Å²) in [6, 6.07) is 10.1. The van der Waals surface area contributed by atoms with Gasteiger partial charge >= 0.3 is 0 Å². The molecule has 2 N–H and O–H groups in total. The van der Waals surface area contributed by atoms with Crippen molar-refractivity contribution in [1.82, 2.24) is 9.38 Å². The average molecular weight is 333 g/mol. The standard InChI is InChI=1S/C13H9BrN4O2/c14-9-5-3-7-17-12(15)11(16-13(9)17)8-4-1-2-6-10(8)18(19)20/h1-7H,15H2. The Hall–Kier alpha value is -2.41. The van der Waals surface area contributed by atoms with Crippen LogP contribution in [0.1, 0.15) is 0 Å². The van der Waals surface area contributed by atoms with Crippen LogP contribution in [-0.2, 0) is 0 Å². The van der Waals surface area contributed by atoms with Gasteiger partial charge in [0, 0.05) is 12.3 Å². The molecule has 0 bridgehead atoms. The number of anilines is 1. The van der Waals surface area contributed by atoms with Crippen molar-refractivity contribution < 1.29 is 4.92 Å². The average Bonchev–Trinajstić information content (AvgIpc) is 2.78. The number of nitrogen functional groups attached to an aromatic ring is 1. The van der Waals surface area contributed by atoms with Crippen LogP contribution in [0, 0.1) is 10.1 Å². The number of pyridine rings is 1. The minimum absolute atomic E-state index is 0.0151. The van der Waals surface area contributed by atoms with Crippen LogP contribution in [0.4, 0.5) is 11.5 Å². The second kappa shape index (κ2) is 4.61. The molecule has 0 saturated heterocycles. The van der Waals surface area contributed by atoms with Crippen molar-refractivity contribution in [1.29, 1.82) is 0 Å². The van der Waals surface area contributed by atoms with Crippen molar-refractivity contribution in [3.05, 3.63) is 57.2 Å². The highest BCUT2D eigenvalue weighted by molar-refractivity contribution is 9.10. The van der Waals surface area contributed by atoms with Crippen LogP contribution in [0.2, 0.25) is 0 Å². The quantitative estimate of drug-likeness (QED) is 0.576. The highest BCUT2D eigenvalue weighted by atomic mass is 79.9. The number of benzene rings is 1. The molecule has 0 atom stereocenters. The van der Waals surface area contributed by atoms with E-state index in [-0.39, 0.29) is 5.69 Å². The van der Waals surface area contributed by atoms with E-state index in [4.69, 9.17) is 5.73 Å². The second-order valence-electron chi connectivity index (χ2n) is 4.17. The molecular formula is C13H9BrN4O2. The Labute approximate surface area is 122 Å². The van der Waals surface area contributed by atoms with Gasteiger partial charge in [-0.2, -0.15) is 0 Å². The fourth-order valence-electron chi connectivity index (χ4n) is 2.08. The van der Waals surface area contributed by atoms with Gasteiger partial charge in [0.25, 0.3) is 5.69 Å². The Morgan fingerprint density at radius 3 is 2.70 bits per heavy atom. The zero-order valence-electron chi connectivity index (χ0n) is 10.2. The summed E-state index contributed by atoms with van der Waals surface area (Å²) < 4.78 is 2.47. The van der Waals surface area contributed by atoms with Crippen molar-refractivity contribution in [2.45, 2.75) is 0 Å². The third kappa shape index (κ3) is 1.83. The summed E-state index contributed by atoms with van der Waals surface area (Å²) in [4.78, 5) is 15.1. The van der Waals surface area contributed by atoms with Gasteiger partial charge in [0.1, 0.15) is 11.5 Å². The molecule has 6 nitrogen and oxygen atoms in total. The van der Waals surface area contributed by atoms with E-state index in [0.717, 1.165) is 4.47 Å². The first-order valence-electron chi connectivity index (χ1n) is 5.75. The number of hydrogen-bond acceptors (Lipinski definition) is 4. The third-order valence-corrected chi connectivity index (χ3v) is 3.61. The van der Waals surface area contributed by atoms with Gasteiger partial charge in [-0.05, 0) is 34.1 Å². The molecule has 0 unspecified atom stereocenters. The lowest BCUT2D eigenvalue weighted by Crippen LogP contribution is -1.96. The van der Waals surface area contributed by atoms with Crippen LogP contribution in [0.3, 0.4) is 0 Å². The number of para-hydroxylation sites is 1. The first-order chi connectivity index (χ1) is 9.59. The molecule has 0 aliphatic rings. The Bertz CT molecular complexity index is 828. The molecule has 0 radical (unpaired) electrons. The SMILES string of the molecule is Nc1c(-c2ccccc2[N+](=O)[O-])nc2c(Br)cccn12. The number of aromatic nitrogens is 2. The maximum atomic E-state index is 11.1. The Kier molecular flexibility index (Phi) is 2.90. The second-order valence-corrected chi connectivity index (χ2v) is 5.02. The van der Waals surface area contributed by atoms with E-state index in [2.05, 4.69) is 20.9 Å². The number of nitrogens with zero attached hydrogens (tertiary/aromatic N) is 3. The summed E-state index contributed by atoms with van der Waals surface area (Å²) in [5.74, 6) is 0.371. The highest BCUT2D eigenvalue weighted by Gasteiger charge is 2.20. The summed E-state index contributed by atoms with van der Waals surface area (Å²) in [6.45, 7) is 0. The zero-order chi connectivity index (χ0) is 14.3. The minimum Gasteiger partial charge on any atom is -0.383 e. The van der Waals surface area contributed by atoms with Gasteiger partial charge in [0.05, 0.1) is 15.0 Å². The van der Waals surface area contributed by atoms with Gasteiger partial charge in [-0.1, -0.05) is 12.1 Å². The molecule has 0 fully saturated rings. The van der Waals surface area contributed by atoms with Crippen molar-refractivity contribution in [2.75, 3.05) is 5.73 Å². The Morgan fingerprint density at radius 1 is 1.25 bits per heavy atom.